The van der Waals surface area contributed by atoms with Crippen LogP contribution in [0.15, 0.2) is 0 Å². The minimum atomic E-state index is 0.380. The van der Waals surface area contributed by atoms with E-state index < -0.39 is 0 Å². The zero-order valence-corrected chi connectivity index (χ0v) is 13.3. The fourth-order valence-electron chi connectivity index (χ4n) is 4.20. The predicted molar refractivity (Wildman–Crippen MR) is 83.5 cm³/mol. The zero-order chi connectivity index (χ0) is 13.7. The fourth-order valence-corrected chi connectivity index (χ4v) is 4.20. The normalized spacial score (nSPS) is 32.1. The first-order valence-corrected chi connectivity index (χ1v) is 8.74. The standard InChI is InChI=1S/C17H34N2/c1-4-17(5-2,6-3)18-13-15-12-11-14-9-7-8-10-16(14)19-15/h14-16,18-19H,4-13H2,1-3H3. The van der Waals surface area contributed by atoms with E-state index in [9.17, 15) is 0 Å². The molecule has 2 nitrogen and oxygen atoms in total. The van der Waals surface area contributed by atoms with Crippen LogP contribution in [0.25, 0.3) is 0 Å². The quantitative estimate of drug-likeness (QED) is 0.763. The molecule has 3 atom stereocenters. The van der Waals surface area contributed by atoms with Gasteiger partial charge in [-0.1, -0.05) is 33.6 Å². The van der Waals surface area contributed by atoms with Crippen LogP contribution in [-0.4, -0.2) is 24.2 Å². The van der Waals surface area contributed by atoms with Gasteiger partial charge in [-0.15, -0.1) is 0 Å². The van der Waals surface area contributed by atoms with Gasteiger partial charge in [0.1, 0.15) is 0 Å². The molecule has 0 spiro atoms. The highest BCUT2D eigenvalue weighted by atomic mass is 15.1. The fraction of sp³-hybridized carbons (Fsp3) is 1.00. The van der Waals surface area contributed by atoms with E-state index in [4.69, 9.17) is 0 Å². The molecule has 0 aromatic heterocycles. The van der Waals surface area contributed by atoms with E-state index in [0.29, 0.717) is 11.6 Å². The van der Waals surface area contributed by atoms with Crippen LogP contribution in [-0.2, 0) is 0 Å². The molecule has 2 N–H and O–H groups in total. The lowest BCUT2D eigenvalue weighted by molar-refractivity contribution is 0.164. The SMILES string of the molecule is CCC(CC)(CC)NCC1CCC2CCCCC2N1. The van der Waals surface area contributed by atoms with E-state index in [1.807, 2.05) is 0 Å². The number of piperidine rings is 1. The zero-order valence-electron chi connectivity index (χ0n) is 13.3. The van der Waals surface area contributed by atoms with Gasteiger partial charge < -0.3 is 10.6 Å². The van der Waals surface area contributed by atoms with Crippen molar-refractivity contribution in [1.82, 2.24) is 10.6 Å². The molecule has 0 bridgehead atoms. The van der Waals surface area contributed by atoms with Gasteiger partial charge in [-0.2, -0.15) is 0 Å². The molecule has 1 aliphatic carbocycles. The minimum absolute atomic E-state index is 0.380. The van der Waals surface area contributed by atoms with Gasteiger partial charge in [-0.05, 0) is 50.9 Å². The van der Waals surface area contributed by atoms with Crippen LogP contribution in [0.1, 0.15) is 78.6 Å². The van der Waals surface area contributed by atoms with E-state index in [1.54, 1.807) is 0 Å². The molecular weight excluding hydrogens is 232 g/mol. The van der Waals surface area contributed by atoms with Crippen molar-refractivity contribution in [3.8, 4) is 0 Å². The smallest absolute Gasteiger partial charge is 0.0195 e. The second-order valence-corrected chi connectivity index (χ2v) is 6.81. The monoisotopic (exact) mass is 266 g/mol. The molecule has 2 rings (SSSR count). The third kappa shape index (κ3) is 3.72. The molecule has 1 saturated heterocycles. The summed E-state index contributed by atoms with van der Waals surface area (Å²) in [6.45, 7) is 8.14. The van der Waals surface area contributed by atoms with Gasteiger partial charge in [0.25, 0.3) is 0 Å². The molecular formula is C17H34N2. The van der Waals surface area contributed by atoms with Gasteiger partial charge in [-0.3, -0.25) is 0 Å². The minimum Gasteiger partial charge on any atom is -0.310 e. The van der Waals surface area contributed by atoms with Crippen LogP contribution in [0.5, 0.6) is 0 Å². The molecule has 2 aliphatic rings. The number of fused-ring (bicyclic) bond motifs is 1. The number of hydrogen-bond donors (Lipinski definition) is 2. The Morgan fingerprint density at radius 2 is 1.63 bits per heavy atom. The summed E-state index contributed by atoms with van der Waals surface area (Å²) in [5, 5.41) is 7.82. The Bertz CT molecular complexity index is 252. The summed E-state index contributed by atoms with van der Waals surface area (Å²) in [6, 6.07) is 1.54. The van der Waals surface area contributed by atoms with Crippen LogP contribution < -0.4 is 10.6 Å². The van der Waals surface area contributed by atoms with Crippen molar-refractivity contribution in [2.24, 2.45) is 5.92 Å². The molecule has 0 amide bonds. The maximum atomic E-state index is 3.94. The molecule has 3 unspecified atom stereocenters. The van der Waals surface area contributed by atoms with E-state index in [-0.39, 0.29) is 0 Å². The van der Waals surface area contributed by atoms with Gasteiger partial charge in [-0.25, -0.2) is 0 Å². The van der Waals surface area contributed by atoms with E-state index in [1.165, 1.54) is 64.3 Å². The lowest BCUT2D eigenvalue weighted by Gasteiger charge is -2.42. The van der Waals surface area contributed by atoms with Crippen molar-refractivity contribution in [2.45, 2.75) is 96.2 Å². The van der Waals surface area contributed by atoms with Crippen molar-refractivity contribution in [3.05, 3.63) is 0 Å². The summed E-state index contributed by atoms with van der Waals surface area (Å²) in [6.07, 6.45) is 12.4. The highest BCUT2D eigenvalue weighted by Crippen LogP contribution is 2.32. The number of hydrogen-bond acceptors (Lipinski definition) is 2. The number of rotatable bonds is 6. The van der Waals surface area contributed by atoms with Crippen LogP contribution >= 0.6 is 0 Å². The van der Waals surface area contributed by atoms with Crippen LogP contribution in [0.4, 0.5) is 0 Å². The summed E-state index contributed by atoms with van der Waals surface area (Å²) in [7, 11) is 0. The van der Waals surface area contributed by atoms with Crippen LogP contribution in [0.3, 0.4) is 0 Å². The Morgan fingerprint density at radius 3 is 2.32 bits per heavy atom. The first-order valence-electron chi connectivity index (χ1n) is 8.74. The summed E-state index contributed by atoms with van der Waals surface area (Å²) < 4.78 is 0. The topological polar surface area (TPSA) is 24.1 Å². The molecule has 0 aromatic carbocycles. The largest absolute Gasteiger partial charge is 0.310 e. The molecule has 2 fully saturated rings. The van der Waals surface area contributed by atoms with Crippen LogP contribution in [0, 0.1) is 5.92 Å². The average molecular weight is 266 g/mol. The van der Waals surface area contributed by atoms with Gasteiger partial charge in [0.05, 0.1) is 0 Å². The Hall–Kier alpha value is -0.0800. The van der Waals surface area contributed by atoms with Crippen molar-refractivity contribution in [3.63, 3.8) is 0 Å². The molecule has 2 heteroatoms. The molecule has 0 aromatic rings. The second kappa shape index (κ2) is 7.08. The number of nitrogens with one attached hydrogen (secondary N) is 2. The first kappa shape index (κ1) is 15.3. The predicted octanol–water partition coefficient (Wildman–Crippen LogP) is 3.86. The third-order valence-electron chi connectivity index (χ3n) is 6.00. The van der Waals surface area contributed by atoms with Crippen LogP contribution in [0.2, 0.25) is 0 Å². The maximum absolute atomic E-state index is 3.94. The van der Waals surface area contributed by atoms with Crippen molar-refractivity contribution in [1.29, 1.82) is 0 Å². The van der Waals surface area contributed by atoms with E-state index in [2.05, 4.69) is 31.4 Å². The molecule has 1 saturated carbocycles. The Morgan fingerprint density at radius 1 is 0.947 bits per heavy atom. The molecule has 1 heterocycles. The van der Waals surface area contributed by atoms with Gasteiger partial charge in [0.2, 0.25) is 0 Å². The van der Waals surface area contributed by atoms with Gasteiger partial charge in [0, 0.05) is 24.2 Å². The average Bonchev–Trinajstić information content (AvgIpc) is 2.49. The van der Waals surface area contributed by atoms with Gasteiger partial charge >= 0.3 is 0 Å². The first-order chi connectivity index (χ1) is 9.23. The van der Waals surface area contributed by atoms with Crippen molar-refractivity contribution < 1.29 is 0 Å². The lowest BCUT2D eigenvalue weighted by Crippen LogP contribution is -2.55. The Balaban J connectivity index is 1.80. The molecule has 1 aliphatic heterocycles. The Kier molecular flexibility index (Phi) is 5.70. The summed E-state index contributed by atoms with van der Waals surface area (Å²) in [5.74, 6) is 0.985. The highest BCUT2D eigenvalue weighted by Gasteiger charge is 2.32. The van der Waals surface area contributed by atoms with E-state index in [0.717, 1.165) is 12.0 Å². The second-order valence-electron chi connectivity index (χ2n) is 6.81. The summed E-state index contributed by atoms with van der Waals surface area (Å²) in [4.78, 5) is 0. The van der Waals surface area contributed by atoms with Crippen molar-refractivity contribution >= 4 is 0 Å². The maximum Gasteiger partial charge on any atom is 0.0195 e. The summed E-state index contributed by atoms with van der Waals surface area (Å²) >= 11 is 0. The third-order valence-corrected chi connectivity index (χ3v) is 6.00. The molecule has 19 heavy (non-hydrogen) atoms. The van der Waals surface area contributed by atoms with Gasteiger partial charge in [0.15, 0.2) is 0 Å². The molecule has 0 radical (unpaired) electrons. The van der Waals surface area contributed by atoms with Crippen molar-refractivity contribution in [2.75, 3.05) is 6.54 Å². The van der Waals surface area contributed by atoms with E-state index >= 15 is 0 Å². The lowest BCUT2D eigenvalue weighted by atomic mass is 9.77. The molecule has 112 valence electrons. The summed E-state index contributed by atoms with van der Waals surface area (Å²) in [5.41, 5.74) is 0.380. The highest BCUT2D eigenvalue weighted by molar-refractivity contribution is 4.92. The Labute approximate surface area is 120 Å².